The van der Waals surface area contributed by atoms with Crippen molar-refractivity contribution in [1.82, 2.24) is 10.3 Å². The summed E-state index contributed by atoms with van der Waals surface area (Å²) in [5, 5.41) is 2.81. The van der Waals surface area contributed by atoms with Crippen LogP contribution >= 0.6 is 0 Å². The summed E-state index contributed by atoms with van der Waals surface area (Å²) in [6.45, 7) is 0.457. The molecule has 3 N–H and O–H groups in total. The average Bonchev–Trinajstić information content (AvgIpc) is 2.24. The average molecular weight is 205 g/mol. The third kappa shape index (κ3) is 2.15. The van der Waals surface area contributed by atoms with E-state index in [2.05, 4.69) is 10.3 Å². The van der Waals surface area contributed by atoms with Gasteiger partial charge >= 0.3 is 0 Å². The Bertz CT molecular complexity index is 346. The van der Waals surface area contributed by atoms with Gasteiger partial charge in [0.25, 0.3) is 0 Å². The third-order valence-electron chi connectivity index (χ3n) is 2.85. The van der Waals surface area contributed by atoms with Crippen molar-refractivity contribution in [2.75, 3.05) is 0 Å². The van der Waals surface area contributed by atoms with Gasteiger partial charge in [-0.2, -0.15) is 0 Å². The van der Waals surface area contributed by atoms with Crippen LogP contribution < -0.4 is 11.1 Å². The molecule has 0 aromatic carbocycles. The van der Waals surface area contributed by atoms with Crippen LogP contribution in [0.25, 0.3) is 0 Å². The maximum absolute atomic E-state index is 11.7. The Morgan fingerprint density at radius 1 is 1.53 bits per heavy atom. The topological polar surface area (TPSA) is 68.0 Å². The molecule has 2 rings (SSSR count). The molecule has 1 aromatic rings. The van der Waals surface area contributed by atoms with Gasteiger partial charge in [0.15, 0.2) is 0 Å². The number of carbonyl (C=O) groups excluding carboxylic acids is 1. The molecule has 0 bridgehead atoms. The van der Waals surface area contributed by atoms with Gasteiger partial charge in [-0.05, 0) is 31.4 Å². The van der Waals surface area contributed by atoms with E-state index in [4.69, 9.17) is 5.73 Å². The van der Waals surface area contributed by atoms with Crippen LogP contribution in [-0.4, -0.2) is 16.4 Å². The molecule has 1 amide bonds. The van der Waals surface area contributed by atoms with Gasteiger partial charge in [0.2, 0.25) is 5.91 Å². The molecule has 80 valence electrons. The minimum absolute atomic E-state index is 0.0561. The molecular formula is C11H15N3O. The van der Waals surface area contributed by atoms with Crippen LogP contribution in [0.1, 0.15) is 25.0 Å². The molecule has 0 atom stereocenters. The zero-order chi connectivity index (χ0) is 10.7. The molecular weight excluding hydrogens is 190 g/mol. The van der Waals surface area contributed by atoms with E-state index in [1.165, 1.54) is 0 Å². The van der Waals surface area contributed by atoms with Crippen molar-refractivity contribution >= 4 is 5.91 Å². The van der Waals surface area contributed by atoms with Crippen LogP contribution in [0.4, 0.5) is 0 Å². The number of nitrogens with two attached hydrogens (primary N) is 1. The van der Waals surface area contributed by atoms with E-state index in [0.29, 0.717) is 6.54 Å². The molecule has 1 heterocycles. The number of amides is 1. The lowest BCUT2D eigenvalue weighted by atomic mass is 9.77. The van der Waals surface area contributed by atoms with E-state index in [1.807, 2.05) is 18.2 Å². The number of carbonyl (C=O) groups is 1. The second-order valence-corrected chi connectivity index (χ2v) is 4.01. The Balaban J connectivity index is 1.86. The first-order valence-corrected chi connectivity index (χ1v) is 5.18. The smallest absolute Gasteiger partial charge is 0.240 e. The highest BCUT2D eigenvalue weighted by Crippen LogP contribution is 2.28. The maximum atomic E-state index is 11.7. The number of nitrogens with zero attached hydrogens (tertiary/aromatic N) is 1. The summed E-state index contributed by atoms with van der Waals surface area (Å²) in [7, 11) is 0. The van der Waals surface area contributed by atoms with E-state index < -0.39 is 5.54 Å². The quantitative estimate of drug-likeness (QED) is 0.758. The first-order chi connectivity index (χ1) is 7.21. The number of pyridine rings is 1. The van der Waals surface area contributed by atoms with Gasteiger partial charge < -0.3 is 11.1 Å². The lowest BCUT2D eigenvalue weighted by molar-refractivity contribution is -0.129. The molecule has 1 aliphatic rings. The van der Waals surface area contributed by atoms with E-state index >= 15 is 0 Å². The van der Waals surface area contributed by atoms with Crippen molar-refractivity contribution in [1.29, 1.82) is 0 Å². The second kappa shape index (κ2) is 3.98. The Morgan fingerprint density at radius 3 is 2.87 bits per heavy atom. The Hall–Kier alpha value is -1.42. The predicted molar refractivity (Wildman–Crippen MR) is 56.9 cm³/mol. The molecule has 0 spiro atoms. The van der Waals surface area contributed by atoms with E-state index in [-0.39, 0.29) is 5.91 Å². The lowest BCUT2D eigenvalue weighted by Gasteiger charge is -2.36. The first-order valence-electron chi connectivity index (χ1n) is 5.18. The molecule has 0 saturated heterocycles. The zero-order valence-electron chi connectivity index (χ0n) is 8.57. The van der Waals surface area contributed by atoms with Crippen LogP contribution in [0.3, 0.4) is 0 Å². The number of nitrogens with one attached hydrogen (secondary N) is 1. The molecule has 0 unspecified atom stereocenters. The zero-order valence-corrected chi connectivity index (χ0v) is 8.57. The molecule has 1 saturated carbocycles. The maximum Gasteiger partial charge on any atom is 0.240 e. The molecule has 1 aliphatic carbocycles. The van der Waals surface area contributed by atoms with E-state index in [0.717, 1.165) is 25.0 Å². The number of rotatable bonds is 3. The van der Waals surface area contributed by atoms with Gasteiger partial charge in [0, 0.05) is 6.20 Å². The highest BCUT2D eigenvalue weighted by molar-refractivity contribution is 5.86. The van der Waals surface area contributed by atoms with Crippen LogP contribution in [0.15, 0.2) is 24.4 Å². The van der Waals surface area contributed by atoms with Gasteiger partial charge in [0.05, 0.1) is 17.8 Å². The fourth-order valence-corrected chi connectivity index (χ4v) is 1.63. The largest absolute Gasteiger partial charge is 0.349 e. The Kier molecular flexibility index (Phi) is 2.68. The van der Waals surface area contributed by atoms with Crippen LogP contribution in [0.5, 0.6) is 0 Å². The summed E-state index contributed by atoms with van der Waals surface area (Å²) >= 11 is 0. The first kappa shape index (κ1) is 10.1. The molecule has 4 nitrogen and oxygen atoms in total. The van der Waals surface area contributed by atoms with Crippen LogP contribution in [0.2, 0.25) is 0 Å². The van der Waals surface area contributed by atoms with Crippen molar-refractivity contribution < 1.29 is 4.79 Å². The van der Waals surface area contributed by atoms with Crippen molar-refractivity contribution in [2.45, 2.75) is 31.3 Å². The third-order valence-corrected chi connectivity index (χ3v) is 2.85. The van der Waals surface area contributed by atoms with Crippen molar-refractivity contribution in [3.8, 4) is 0 Å². The molecule has 1 fully saturated rings. The molecule has 0 aliphatic heterocycles. The van der Waals surface area contributed by atoms with Gasteiger partial charge in [0.1, 0.15) is 0 Å². The van der Waals surface area contributed by atoms with Crippen molar-refractivity contribution in [2.24, 2.45) is 5.73 Å². The van der Waals surface area contributed by atoms with Crippen molar-refractivity contribution in [3.63, 3.8) is 0 Å². The van der Waals surface area contributed by atoms with Gasteiger partial charge in [-0.15, -0.1) is 0 Å². The summed E-state index contributed by atoms with van der Waals surface area (Å²) in [5.41, 5.74) is 6.12. The molecule has 15 heavy (non-hydrogen) atoms. The Labute approximate surface area is 88.9 Å². The Morgan fingerprint density at radius 2 is 2.33 bits per heavy atom. The highest BCUT2D eigenvalue weighted by atomic mass is 16.2. The SMILES string of the molecule is NC1(C(=O)NCc2ccccn2)CCC1. The monoisotopic (exact) mass is 205 g/mol. The van der Waals surface area contributed by atoms with Crippen LogP contribution in [0, 0.1) is 0 Å². The summed E-state index contributed by atoms with van der Waals surface area (Å²) < 4.78 is 0. The van der Waals surface area contributed by atoms with Gasteiger partial charge in [-0.1, -0.05) is 6.07 Å². The lowest BCUT2D eigenvalue weighted by Crippen LogP contribution is -2.58. The number of hydrogen-bond acceptors (Lipinski definition) is 3. The fraction of sp³-hybridized carbons (Fsp3) is 0.455. The highest BCUT2D eigenvalue weighted by Gasteiger charge is 2.39. The van der Waals surface area contributed by atoms with Crippen LogP contribution in [-0.2, 0) is 11.3 Å². The number of aromatic nitrogens is 1. The molecule has 0 radical (unpaired) electrons. The summed E-state index contributed by atoms with van der Waals surface area (Å²) in [6.07, 6.45) is 4.35. The van der Waals surface area contributed by atoms with Gasteiger partial charge in [-0.3, -0.25) is 9.78 Å². The standard InChI is InChI=1S/C11H15N3O/c12-11(5-3-6-11)10(15)14-8-9-4-1-2-7-13-9/h1-2,4,7H,3,5-6,8,12H2,(H,14,15). The van der Waals surface area contributed by atoms with Crippen molar-refractivity contribution in [3.05, 3.63) is 30.1 Å². The molecule has 1 aromatic heterocycles. The normalized spacial score (nSPS) is 17.9. The van der Waals surface area contributed by atoms with E-state index in [9.17, 15) is 4.79 Å². The summed E-state index contributed by atoms with van der Waals surface area (Å²) in [4.78, 5) is 15.8. The second-order valence-electron chi connectivity index (χ2n) is 4.01. The summed E-state index contributed by atoms with van der Waals surface area (Å²) in [6, 6.07) is 5.63. The molecule has 4 heteroatoms. The predicted octanol–water partition coefficient (Wildman–Crippen LogP) is 0.579. The van der Waals surface area contributed by atoms with Gasteiger partial charge in [-0.25, -0.2) is 0 Å². The minimum atomic E-state index is -0.616. The fourth-order valence-electron chi connectivity index (χ4n) is 1.63. The van der Waals surface area contributed by atoms with E-state index in [1.54, 1.807) is 6.20 Å². The minimum Gasteiger partial charge on any atom is -0.349 e. The summed E-state index contributed by atoms with van der Waals surface area (Å²) in [5.74, 6) is -0.0561. The number of hydrogen-bond donors (Lipinski definition) is 2.